The highest BCUT2D eigenvalue weighted by atomic mass is 127. The van der Waals surface area contributed by atoms with E-state index in [2.05, 4.69) is 72.6 Å². The fourth-order valence-electron chi connectivity index (χ4n) is 1.71. The predicted octanol–water partition coefficient (Wildman–Crippen LogP) is 4.29. The average Bonchev–Trinajstić information content (AvgIpc) is 2.47. The Morgan fingerprint density at radius 2 is 2.05 bits per heavy atom. The monoisotopic (exact) mass is 446 g/mol. The third-order valence-electron chi connectivity index (χ3n) is 2.75. The van der Waals surface area contributed by atoms with Gasteiger partial charge in [0.1, 0.15) is 11.5 Å². The van der Waals surface area contributed by atoms with Gasteiger partial charge in [-0.3, -0.25) is 4.98 Å². The van der Waals surface area contributed by atoms with Gasteiger partial charge in [0.05, 0.1) is 9.26 Å². The van der Waals surface area contributed by atoms with Crippen LogP contribution in [-0.2, 0) is 6.42 Å². The summed E-state index contributed by atoms with van der Waals surface area (Å²) in [6.07, 6.45) is 3.71. The van der Waals surface area contributed by atoms with Crippen LogP contribution in [0.2, 0.25) is 0 Å². The van der Waals surface area contributed by atoms with E-state index in [9.17, 15) is 0 Å². The summed E-state index contributed by atoms with van der Waals surface area (Å²) in [7, 11) is 0. The molecule has 0 spiro atoms. The lowest BCUT2D eigenvalue weighted by atomic mass is 10.2. The van der Waals surface area contributed by atoms with E-state index < -0.39 is 0 Å². The second-order valence-corrected chi connectivity index (χ2v) is 6.29. The van der Waals surface area contributed by atoms with Crippen LogP contribution >= 0.6 is 38.5 Å². The number of rotatable bonds is 5. The molecule has 2 aromatic rings. The third kappa shape index (κ3) is 3.66. The van der Waals surface area contributed by atoms with E-state index in [4.69, 9.17) is 0 Å². The summed E-state index contributed by atoms with van der Waals surface area (Å²) in [6, 6.07) is 3.88. The van der Waals surface area contributed by atoms with Gasteiger partial charge in [0.25, 0.3) is 0 Å². The molecule has 20 heavy (non-hydrogen) atoms. The molecule has 4 nitrogen and oxygen atoms in total. The Balaban J connectivity index is 2.44. The van der Waals surface area contributed by atoms with Gasteiger partial charge >= 0.3 is 0 Å². The number of aromatic nitrogens is 3. The summed E-state index contributed by atoms with van der Waals surface area (Å²) in [5.41, 5.74) is 1.85. The van der Waals surface area contributed by atoms with Crippen LogP contribution in [0.4, 0.5) is 5.82 Å². The molecular formula is C14H16BrIN4. The highest BCUT2D eigenvalue weighted by Crippen LogP contribution is 2.24. The second kappa shape index (κ2) is 7.31. The van der Waals surface area contributed by atoms with E-state index in [1.807, 2.05) is 12.1 Å². The number of anilines is 1. The van der Waals surface area contributed by atoms with Gasteiger partial charge in [-0.15, -0.1) is 0 Å². The molecule has 0 fully saturated rings. The van der Waals surface area contributed by atoms with Crippen molar-refractivity contribution in [3.05, 3.63) is 32.1 Å². The van der Waals surface area contributed by atoms with Crippen molar-refractivity contribution < 1.29 is 0 Å². The van der Waals surface area contributed by atoms with E-state index in [0.717, 1.165) is 44.6 Å². The highest BCUT2D eigenvalue weighted by Gasteiger charge is 2.12. The summed E-state index contributed by atoms with van der Waals surface area (Å²) < 4.78 is 2.05. The summed E-state index contributed by atoms with van der Waals surface area (Å²) >= 11 is 5.70. The topological polar surface area (TPSA) is 50.7 Å². The minimum atomic E-state index is 0.674. The first kappa shape index (κ1) is 15.6. The van der Waals surface area contributed by atoms with Crippen molar-refractivity contribution >= 4 is 44.3 Å². The Morgan fingerprint density at radius 3 is 2.65 bits per heavy atom. The first-order valence-corrected chi connectivity index (χ1v) is 8.45. The van der Waals surface area contributed by atoms with Crippen LogP contribution in [-0.4, -0.2) is 21.5 Å². The van der Waals surface area contributed by atoms with Crippen molar-refractivity contribution in [2.75, 3.05) is 11.9 Å². The van der Waals surface area contributed by atoms with E-state index in [0.29, 0.717) is 5.82 Å². The van der Waals surface area contributed by atoms with Crippen molar-refractivity contribution in [3.8, 4) is 11.5 Å². The minimum absolute atomic E-state index is 0.674. The summed E-state index contributed by atoms with van der Waals surface area (Å²) in [6.45, 7) is 5.15. The van der Waals surface area contributed by atoms with Gasteiger partial charge in [0.15, 0.2) is 5.82 Å². The lowest BCUT2D eigenvalue weighted by Gasteiger charge is -2.11. The molecule has 1 N–H and O–H groups in total. The number of aryl methyl sites for hydroxylation is 1. The molecule has 0 aliphatic carbocycles. The maximum absolute atomic E-state index is 4.62. The molecule has 0 radical (unpaired) electrons. The van der Waals surface area contributed by atoms with Crippen molar-refractivity contribution in [3.63, 3.8) is 0 Å². The molecule has 2 aromatic heterocycles. The Hall–Kier alpha value is -0.760. The van der Waals surface area contributed by atoms with Crippen molar-refractivity contribution in [1.82, 2.24) is 15.0 Å². The number of halogens is 2. The molecule has 0 unspecified atom stereocenters. The van der Waals surface area contributed by atoms with Crippen LogP contribution in [0.5, 0.6) is 0 Å². The van der Waals surface area contributed by atoms with Gasteiger partial charge in [-0.05, 0) is 63.5 Å². The smallest absolute Gasteiger partial charge is 0.180 e. The van der Waals surface area contributed by atoms with Gasteiger partial charge in [0, 0.05) is 17.2 Å². The molecule has 0 amide bonds. The average molecular weight is 447 g/mol. The summed E-state index contributed by atoms with van der Waals surface area (Å²) in [5, 5.41) is 3.36. The number of nitrogens with zero attached hydrogens (tertiary/aromatic N) is 3. The zero-order valence-electron chi connectivity index (χ0n) is 11.5. The van der Waals surface area contributed by atoms with E-state index >= 15 is 0 Å². The highest BCUT2D eigenvalue weighted by molar-refractivity contribution is 14.1. The molecule has 0 aliphatic heterocycles. The standard InChI is InChI=1S/C14H16BrIN4/c1-3-7-17-14-12(16)10(4-2)19-13(20-14)11-6-5-9(15)8-18-11/h5-6,8H,3-4,7H2,1-2H3,(H,17,19,20). The van der Waals surface area contributed by atoms with Crippen LogP contribution < -0.4 is 5.32 Å². The Morgan fingerprint density at radius 1 is 1.25 bits per heavy atom. The van der Waals surface area contributed by atoms with Gasteiger partial charge in [-0.1, -0.05) is 13.8 Å². The van der Waals surface area contributed by atoms with Crippen LogP contribution in [0, 0.1) is 3.57 Å². The van der Waals surface area contributed by atoms with E-state index in [1.165, 1.54) is 0 Å². The Kier molecular flexibility index (Phi) is 5.71. The van der Waals surface area contributed by atoms with Crippen molar-refractivity contribution in [1.29, 1.82) is 0 Å². The first-order valence-electron chi connectivity index (χ1n) is 6.57. The van der Waals surface area contributed by atoms with Crippen LogP contribution in [0.25, 0.3) is 11.5 Å². The molecule has 6 heteroatoms. The molecule has 0 bridgehead atoms. The molecule has 0 saturated carbocycles. The Labute approximate surface area is 141 Å². The maximum atomic E-state index is 4.62. The quantitative estimate of drug-likeness (QED) is 0.696. The lowest BCUT2D eigenvalue weighted by molar-refractivity contribution is 0.940. The van der Waals surface area contributed by atoms with Gasteiger partial charge < -0.3 is 5.32 Å². The molecule has 0 aromatic carbocycles. The maximum Gasteiger partial charge on any atom is 0.180 e. The van der Waals surface area contributed by atoms with Crippen molar-refractivity contribution in [2.24, 2.45) is 0 Å². The lowest BCUT2D eigenvalue weighted by Crippen LogP contribution is -2.09. The molecule has 106 valence electrons. The fraction of sp³-hybridized carbons (Fsp3) is 0.357. The molecular weight excluding hydrogens is 431 g/mol. The number of nitrogens with one attached hydrogen (secondary N) is 1. The Bertz CT molecular complexity index is 586. The van der Waals surface area contributed by atoms with Crippen LogP contribution in [0.3, 0.4) is 0 Å². The second-order valence-electron chi connectivity index (χ2n) is 4.30. The fourth-order valence-corrected chi connectivity index (χ4v) is 2.76. The summed E-state index contributed by atoms with van der Waals surface area (Å²) in [5.74, 6) is 1.58. The molecule has 0 atom stereocenters. The van der Waals surface area contributed by atoms with E-state index in [1.54, 1.807) is 6.20 Å². The SMILES string of the molecule is CCCNc1nc(-c2ccc(Br)cn2)nc(CC)c1I. The van der Waals surface area contributed by atoms with Gasteiger partial charge in [-0.2, -0.15) is 0 Å². The number of hydrogen-bond donors (Lipinski definition) is 1. The molecule has 2 heterocycles. The molecule has 2 rings (SSSR count). The third-order valence-corrected chi connectivity index (χ3v) is 4.36. The number of hydrogen-bond acceptors (Lipinski definition) is 4. The van der Waals surface area contributed by atoms with Crippen LogP contribution in [0.1, 0.15) is 26.0 Å². The number of pyridine rings is 1. The van der Waals surface area contributed by atoms with Gasteiger partial charge in [-0.25, -0.2) is 9.97 Å². The summed E-state index contributed by atoms with van der Waals surface area (Å²) in [4.78, 5) is 13.6. The zero-order valence-corrected chi connectivity index (χ0v) is 15.2. The van der Waals surface area contributed by atoms with E-state index in [-0.39, 0.29) is 0 Å². The van der Waals surface area contributed by atoms with Crippen LogP contribution in [0.15, 0.2) is 22.8 Å². The largest absolute Gasteiger partial charge is 0.369 e. The van der Waals surface area contributed by atoms with Crippen molar-refractivity contribution in [2.45, 2.75) is 26.7 Å². The predicted molar refractivity (Wildman–Crippen MR) is 93.8 cm³/mol. The normalized spacial score (nSPS) is 10.6. The van der Waals surface area contributed by atoms with Gasteiger partial charge in [0.2, 0.25) is 0 Å². The first-order chi connectivity index (χ1) is 9.65. The zero-order chi connectivity index (χ0) is 14.5. The molecule has 0 saturated heterocycles. The molecule has 0 aliphatic rings. The minimum Gasteiger partial charge on any atom is -0.369 e.